The first-order valence-electron chi connectivity index (χ1n) is 30.9. The molecule has 1 aliphatic rings. The second-order valence-electron chi connectivity index (χ2n) is 26.5. The van der Waals surface area contributed by atoms with Crippen LogP contribution in [0.5, 0.6) is 0 Å². The molecule has 1 heterocycles. The zero-order chi connectivity index (χ0) is 66.0. The van der Waals surface area contributed by atoms with Crippen LogP contribution >= 0.6 is 0 Å². The van der Waals surface area contributed by atoms with Gasteiger partial charge in [-0.3, -0.25) is 52.7 Å². The molecule has 1 fully saturated rings. The van der Waals surface area contributed by atoms with Gasteiger partial charge in [0.05, 0.1) is 6.54 Å². The average molecular weight is 1200 g/mol. The zero-order valence-electron chi connectivity index (χ0n) is 56.6. The monoisotopic (exact) mass is 1200 g/mol. The van der Waals surface area contributed by atoms with Crippen molar-refractivity contribution in [2.24, 2.45) is 47.3 Å². The summed E-state index contributed by atoms with van der Waals surface area (Å²) in [5.41, 5.74) is 0. The topological polar surface area (TPSA) is 259 Å². The molecule has 1 saturated heterocycles. The van der Waals surface area contributed by atoms with E-state index in [9.17, 15) is 43.2 Å². The van der Waals surface area contributed by atoms with Gasteiger partial charge < -0.3 is 55.6 Å². The summed E-state index contributed by atoms with van der Waals surface area (Å²) in [6.07, 6.45) is 5.25. The first-order valence-corrected chi connectivity index (χ1v) is 30.9. The highest BCUT2D eigenvalue weighted by atomic mass is 16.2. The number of carbonyl (C=O) groups excluding carboxylic acids is 11. The van der Waals surface area contributed by atoms with Crippen molar-refractivity contribution in [3.05, 3.63) is 12.2 Å². The molecular formula is C63H113N11O11. The highest BCUT2D eigenvalue weighted by molar-refractivity contribution is 5.99. The van der Waals surface area contributed by atoms with Crippen molar-refractivity contribution in [3.8, 4) is 0 Å². The number of likely N-dealkylation sites (N-methyl/N-ethyl adjacent to an activating group) is 7. The molecule has 22 heteroatoms. The van der Waals surface area contributed by atoms with Crippen LogP contribution in [0.3, 0.4) is 0 Å². The van der Waals surface area contributed by atoms with Crippen LogP contribution in [0.2, 0.25) is 0 Å². The Morgan fingerprint density at radius 3 is 1.29 bits per heavy atom. The molecule has 22 nitrogen and oxygen atoms in total. The SMILES string of the molecule is C/C=C/C[C@@H](C)[C@@H](C)[C@H]1C(=O)N[C@@H](CC)C(=O)N(C)CC(=O)N(C)[C@@H](CC(C)C)C(=O)N[C@@H](C(C)C)C(=O)N(C)[C@@H](CC(C)C)C(=O)N[C@@H](C)C(=O)N[C@H](C)C(=O)N(C)[C@@H](CC(C)C)C(=O)N(C)[C@@H](CC(C)C)C(=O)N(C)[C@@H](C(C)C)C(=O)N1C. The van der Waals surface area contributed by atoms with Gasteiger partial charge in [0, 0.05) is 49.3 Å². The van der Waals surface area contributed by atoms with Crippen LogP contribution < -0.4 is 21.3 Å². The maximum Gasteiger partial charge on any atom is 0.246 e. The van der Waals surface area contributed by atoms with Crippen molar-refractivity contribution in [1.82, 2.24) is 55.6 Å². The van der Waals surface area contributed by atoms with Crippen molar-refractivity contribution < 1.29 is 52.7 Å². The Bertz CT molecular complexity index is 2320. The van der Waals surface area contributed by atoms with E-state index in [1.165, 1.54) is 97.5 Å². The summed E-state index contributed by atoms with van der Waals surface area (Å²) < 4.78 is 0. The van der Waals surface area contributed by atoms with Crippen LogP contribution in [-0.4, -0.2) is 216 Å². The van der Waals surface area contributed by atoms with Gasteiger partial charge in [-0.1, -0.05) is 116 Å². The van der Waals surface area contributed by atoms with Crippen LogP contribution in [0.4, 0.5) is 0 Å². The molecule has 486 valence electrons. The summed E-state index contributed by atoms with van der Waals surface area (Å²) in [7, 11) is 10.3. The van der Waals surface area contributed by atoms with E-state index >= 15 is 9.59 Å². The van der Waals surface area contributed by atoms with Crippen LogP contribution in [0, 0.1) is 47.3 Å². The standard InChI is InChI=1S/C63H113N11O11/c1-26-28-29-41(15)42(16)53-57(79)66-45(27-2)59(81)68(19)34-50(75)69(20)46(30-35(3)4)56(78)67-51(39(11)12)62(84)70(21)47(31-36(5)6)55(77)64-43(17)54(76)65-44(18)58(80)71(22)48(32-37(7)8)60(82)72(23)49(33-38(9)10)61(83)73(24)52(40(13)14)63(85)74(53)25/h26,28,35-49,51-53H,27,29-34H2,1-25H3,(H,64,77)(H,65,76)(H,66,79)(H,67,78)/b28-26+/t41-,42-,43+,44-,45+,46+,47+,48+,49+,51+,52+,53+/m1/s1. The van der Waals surface area contributed by atoms with Crippen molar-refractivity contribution in [3.63, 3.8) is 0 Å². The highest BCUT2D eigenvalue weighted by Crippen LogP contribution is 2.28. The van der Waals surface area contributed by atoms with Gasteiger partial charge in [-0.15, -0.1) is 0 Å². The van der Waals surface area contributed by atoms with Gasteiger partial charge in [-0.2, -0.15) is 0 Å². The smallest absolute Gasteiger partial charge is 0.246 e. The molecule has 0 spiro atoms. The molecule has 1 aliphatic heterocycles. The lowest BCUT2D eigenvalue weighted by molar-refractivity contribution is -0.156. The fourth-order valence-electron chi connectivity index (χ4n) is 11.0. The number of carbonyl (C=O) groups is 11. The van der Waals surface area contributed by atoms with E-state index in [4.69, 9.17) is 0 Å². The molecule has 0 aromatic heterocycles. The summed E-state index contributed by atoms with van der Waals surface area (Å²) in [5.74, 6) is -8.87. The molecule has 0 unspecified atom stereocenters. The van der Waals surface area contributed by atoms with E-state index in [2.05, 4.69) is 21.3 Å². The third-order valence-electron chi connectivity index (χ3n) is 16.6. The van der Waals surface area contributed by atoms with Gasteiger partial charge in [0.2, 0.25) is 65.0 Å². The quantitative estimate of drug-likeness (QED) is 0.166. The van der Waals surface area contributed by atoms with Gasteiger partial charge in [0.15, 0.2) is 0 Å². The van der Waals surface area contributed by atoms with E-state index in [0.29, 0.717) is 6.42 Å². The van der Waals surface area contributed by atoms with Crippen LogP contribution in [-0.2, 0) is 52.7 Å². The molecule has 12 atom stereocenters. The van der Waals surface area contributed by atoms with Gasteiger partial charge in [-0.25, -0.2) is 0 Å². The summed E-state index contributed by atoms with van der Waals surface area (Å²) in [6.45, 7) is 32.0. The predicted molar refractivity (Wildman–Crippen MR) is 332 cm³/mol. The third kappa shape index (κ3) is 21.7. The number of rotatable bonds is 15. The molecule has 0 aromatic rings. The Morgan fingerprint density at radius 2 is 0.847 bits per heavy atom. The maximum absolute atomic E-state index is 15.2. The Morgan fingerprint density at radius 1 is 0.435 bits per heavy atom. The molecule has 4 N–H and O–H groups in total. The Balaban J connectivity index is 4.32. The second-order valence-corrected chi connectivity index (χ2v) is 26.5. The van der Waals surface area contributed by atoms with Crippen molar-refractivity contribution in [1.29, 1.82) is 0 Å². The molecule has 0 bridgehead atoms. The predicted octanol–water partition coefficient (Wildman–Crippen LogP) is 4.54. The lowest BCUT2D eigenvalue weighted by Crippen LogP contribution is -2.62. The number of nitrogens with zero attached hydrogens (tertiary/aromatic N) is 7. The average Bonchev–Trinajstić information content (AvgIpc) is 3.62. The number of allylic oxidation sites excluding steroid dienone is 2. The summed E-state index contributed by atoms with van der Waals surface area (Å²) in [5, 5.41) is 11.2. The molecule has 1 rings (SSSR count). The van der Waals surface area contributed by atoms with E-state index in [1.807, 2.05) is 88.3 Å². The minimum Gasteiger partial charge on any atom is -0.343 e. The first-order chi connectivity index (χ1) is 39.2. The number of nitrogens with one attached hydrogen (secondary N) is 4. The van der Waals surface area contributed by atoms with Gasteiger partial charge in [-0.05, 0) is 107 Å². The summed E-state index contributed by atoms with van der Waals surface area (Å²) in [4.78, 5) is 170. The molecule has 0 aliphatic carbocycles. The van der Waals surface area contributed by atoms with Crippen LogP contribution in [0.1, 0.15) is 163 Å². The number of amides is 11. The van der Waals surface area contributed by atoms with Crippen molar-refractivity contribution >= 4 is 65.0 Å². The lowest BCUT2D eigenvalue weighted by Gasteiger charge is -2.42. The van der Waals surface area contributed by atoms with E-state index < -0.39 is 150 Å². The molecule has 11 amide bonds. The second kappa shape index (κ2) is 34.9. The molecular weight excluding hydrogens is 1090 g/mol. The van der Waals surface area contributed by atoms with E-state index in [1.54, 1.807) is 34.6 Å². The fraction of sp³-hybridized carbons (Fsp3) is 0.794. The minimum absolute atomic E-state index is 0.105. The molecule has 0 aromatic carbocycles. The molecule has 85 heavy (non-hydrogen) atoms. The third-order valence-corrected chi connectivity index (χ3v) is 16.6. The Hall–Kier alpha value is -6.09. The fourth-order valence-corrected chi connectivity index (χ4v) is 11.0. The van der Waals surface area contributed by atoms with Gasteiger partial charge >= 0.3 is 0 Å². The highest BCUT2D eigenvalue weighted by Gasteiger charge is 2.45. The summed E-state index contributed by atoms with van der Waals surface area (Å²) in [6, 6.07) is -11.5. The van der Waals surface area contributed by atoms with Gasteiger partial charge in [0.1, 0.15) is 60.4 Å². The van der Waals surface area contributed by atoms with Crippen molar-refractivity contribution in [2.75, 3.05) is 55.9 Å². The summed E-state index contributed by atoms with van der Waals surface area (Å²) >= 11 is 0. The van der Waals surface area contributed by atoms with Crippen LogP contribution in [0.15, 0.2) is 12.2 Å². The number of hydrogen-bond acceptors (Lipinski definition) is 11. The first kappa shape index (κ1) is 76.9. The Kier molecular flexibility index (Phi) is 31.6. The Labute approximate surface area is 510 Å². The maximum atomic E-state index is 15.2. The minimum atomic E-state index is -1.21. The van der Waals surface area contributed by atoms with Gasteiger partial charge in [0.25, 0.3) is 0 Å². The number of hydrogen-bond donors (Lipinski definition) is 4. The van der Waals surface area contributed by atoms with Crippen molar-refractivity contribution in [2.45, 2.75) is 224 Å². The van der Waals surface area contributed by atoms with E-state index in [0.717, 1.165) is 0 Å². The zero-order valence-corrected chi connectivity index (χ0v) is 56.6. The normalized spacial score (nSPS) is 26.9. The van der Waals surface area contributed by atoms with Crippen LogP contribution in [0.25, 0.3) is 0 Å². The van der Waals surface area contributed by atoms with E-state index in [-0.39, 0.29) is 61.7 Å². The lowest BCUT2D eigenvalue weighted by atomic mass is 9.84. The molecule has 0 saturated carbocycles. The largest absolute Gasteiger partial charge is 0.343 e. The molecule has 0 radical (unpaired) electrons.